The summed E-state index contributed by atoms with van der Waals surface area (Å²) >= 11 is 0. The standard InChI is InChI=1S/C31H20N6/c1-2-10-21(11-3-1)36-26-16-6-7-17-27(26)37-28-18-8-12-22(30(28)34-31(36)37)23-14-9-19-29(33-23)35-20-32-24-13-4-5-15-25(24)35/h1-20H. The monoisotopic (exact) mass is 476 g/mol. The second-order valence-electron chi connectivity index (χ2n) is 9.06. The second kappa shape index (κ2) is 7.63. The van der Waals surface area contributed by atoms with Crippen LogP contribution in [0.1, 0.15) is 0 Å². The van der Waals surface area contributed by atoms with Gasteiger partial charge in [-0.25, -0.2) is 15.0 Å². The Balaban J connectivity index is 1.39. The average molecular weight is 477 g/mol. The third-order valence-corrected chi connectivity index (χ3v) is 6.96. The quantitative estimate of drug-likeness (QED) is 0.281. The van der Waals surface area contributed by atoms with E-state index in [9.17, 15) is 0 Å². The predicted octanol–water partition coefficient (Wildman–Crippen LogP) is 6.83. The number of rotatable bonds is 3. The van der Waals surface area contributed by atoms with Crippen LogP contribution < -0.4 is 0 Å². The number of aromatic nitrogens is 6. The van der Waals surface area contributed by atoms with Crippen LogP contribution in [0.4, 0.5) is 0 Å². The summed E-state index contributed by atoms with van der Waals surface area (Å²) in [6.45, 7) is 0. The van der Waals surface area contributed by atoms with Gasteiger partial charge in [0.2, 0.25) is 5.78 Å². The molecule has 6 heteroatoms. The van der Waals surface area contributed by atoms with Gasteiger partial charge in [-0.3, -0.25) is 13.5 Å². The number of imidazole rings is 3. The van der Waals surface area contributed by atoms with E-state index in [1.807, 2.05) is 53.4 Å². The van der Waals surface area contributed by atoms with Crippen LogP contribution in [-0.2, 0) is 0 Å². The van der Waals surface area contributed by atoms with Crippen molar-refractivity contribution >= 4 is 38.9 Å². The van der Waals surface area contributed by atoms with E-state index in [1.54, 1.807) is 0 Å². The predicted molar refractivity (Wildman–Crippen MR) is 147 cm³/mol. The number of benzene rings is 4. The van der Waals surface area contributed by atoms with Crippen LogP contribution in [0.25, 0.3) is 61.6 Å². The van der Waals surface area contributed by atoms with E-state index in [0.717, 1.165) is 61.6 Å². The Hall–Kier alpha value is -5.23. The molecular formula is C31H20N6. The van der Waals surface area contributed by atoms with Crippen molar-refractivity contribution in [2.24, 2.45) is 0 Å². The molecule has 0 radical (unpaired) electrons. The van der Waals surface area contributed by atoms with Crippen molar-refractivity contribution in [3.8, 4) is 22.8 Å². The molecule has 0 fully saturated rings. The largest absolute Gasteiger partial charge is 0.283 e. The minimum absolute atomic E-state index is 0.825. The molecule has 0 amide bonds. The Bertz CT molecular complexity index is 2100. The van der Waals surface area contributed by atoms with E-state index >= 15 is 0 Å². The van der Waals surface area contributed by atoms with Crippen LogP contribution >= 0.6 is 0 Å². The molecule has 4 heterocycles. The fourth-order valence-corrected chi connectivity index (χ4v) is 5.31. The van der Waals surface area contributed by atoms with E-state index in [4.69, 9.17) is 9.97 Å². The van der Waals surface area contributed by atoms with E-state index in [1.165, 1.54) is 0 Å². The molecule has 0 aliphatic rings. The number of hydrogen-bond donors (Lipinski definition) is 0. The van der Waals surface area contributed by atoms with Gasteiger partial charge in [-0.2, -0.15) is 0 Å². The van der Waals surface area contributed by atoms with Gasteiger partial charge in [0.15, 0.2) is 0 Å². The highest BCUT2D eigenvalue weighted by atomic mass is 15.2. The van der Waals surface area contributed by atoms with Crippen LogP contribution in [0.15, 0.2) is 122 Å². The molecule has 0 saturated heterocycles. The normalized spacial score (nSPS) is 11.8. The van der Waals surface area contributed by atoms with Crippen molar-refractivity contribution < 1.29 is 0 Å². The molecule has 37 heavy (non-hydrogen) atoms. The first-order chi connectivity index (χ1) is 18.4. The lowest BCUT2D eigenvalue weighted by atomic mass is 10.1. The number of fused-ring (bicyclic) bond motifs is 6. The molecule has 0 saturated carbocycles. The molecule has 4 aromatic heterocycles. The summed E-state index contributed by atoms with van der Waals surface area (Å²) < 4.78 is 6.49. The number of nitrogens with zero attached hydrogens (tertiary/aromatic N) is 6. The maximum Gasteiger partial charge on any atom is 0.220 e. The van der Waals surface area contributed by atoms with E-state index in [0.29, 0.717) is 0 Å². The third-order valence-electron chi connectivity index (χ3n) is 6.96. The molecule has 0 bridgehead atoms. The molecule has 0 spiro atoms. The van der Waals surface area contributed by atoms with Crippen molar-refractivity contribution in [1.82, 2.24) is 28.5 Å². The van der Waals surface area contributed by atoms with Gasteiger partial charge in [-0.05, 0) is 54.6 Å². The Kier molecular flexibility index (Phi) is 4.13. The molecule has 0 atom stereocenters. The smallest absolute Gasteiger partial charge is 0.220 e. The van der Waals surface area contributed by atoms with Crippen molar-refractivity contribution in [1.29, 1.82) is 0 Å². The first kappa shape index (κ1) is 20.0. The van der Waals surface area contributed by atoms with Gasteiger partial charge in [-0.1, -0.05) is 60.7 Å². The first-order valence-corrected chi connectivity index (χ1v) is 12.2. The number of pyridine rings is 1. The SMILES string of the molecule is c1ccc(-n2c3ccccc3n3c4cccc(-c5cccc(-n6cnc7ccccc76)n5)c4nc23)cc1. The van der Waals surface area contributed by atoms with Crippen LogP contribution in [0.2, 0.25) is 0 Å². The van der Waals surface area contributed by atoms with Crippen LogP contribution in [0, 0.1) is 0 Å². The van der Waals surface area contributed by atoms with Gasteiger partial charge in [0, 0.05) is 11.3 Å². The molecule has 6 nitrogen and oxygen atoms in total. The van der Waals surface area contributed by atoms with Crippen molar-refractivity contribution in [3.05, 3.63) is 122 Å². The molecular weight excluding hydrogens is 456 g/mol. The Morgan fingerprint density at radius 3 is 2.16 bits per heavy atom. The van der Waals surface area contributed by atoms with Crippen molar-refractivity contribution in [2.75, 3.05) is 0 Å². The number of para-hydroxylation sites is 6. The molecule has 0 N–H and O–H groups in total. The summed E-state index contributed by atoms with van der Waals surface area (Å²) in [5.41, 5.74) is 9.14. The zero-order valence-electron chi connectivity index (χ0n) is 19.7. The fraction of sp³-hybridized carbons (Fsp3) is 0. The zero-order chi connectivity index (χ0) is 24.3. The highest BCUT2D eigenvalue weighted by Crippen LogP contribution is 2.33. The maximum atomic E-state index is 5.21. The molecule has 0 unspecified atom stereocenters. The van der Waals surface area contributed by atoms with E-state index < -0.39 is 0 Å². The van der Waals surface area contributed by atoms with Gasteiger partial charge >= 0.3 is 0 Å². The number of hydrogen-bond acceptors (Lipinski definition) is 3. The fourth-order valence-electron chi connectivity index (χ4n) is 5.31. The van der Waals surface area contributed by atoms with Gasteiger partial charge in [0.1, 0.15) is 17.7 Å². The molecule has 4 aromatic carbocycles. The minimum atomic E-state index is 0.825. The zero-order valence-corrected chi connectivity index (χ0v) is 19.7. The van der Waals surface area contributed by atoms with Crippen LogP contribution in [0.5, 0.6) is 0 Å². The van der Waals surface area contributed by atoms with E-state index in [2.05, 4.69) is 86.7 Å². The summed E-state index contributed by atoms with van der Waals surface area (Å²) in [5.74, 6) is 1.71. The van der Waals surface area contributed by atoms with Gasteiger partial charge in [-0.15, -0.1) is 0 Å². The van der Waals surface area contributed by atoms with Crippen molar-refractivity contribution in [2.45, 2.75) is 0 Å². The lowest BCUT2D eigenvalue weighted by molar-refractivity contribution is 1.02. The lowest BCUT2D eigenvalue weighted by Gasteiger charge is -2.07. The minimum Gasteiger partial charge on any atom is -0.283 e. The van der Waals surface area contributed by atoms with Gasteiger partial charge < -0.3 is 0 Å². The van der Waals surface area contributed by atoms with Crippen molar-refractivity contribution in [3.63, 3.8) is 0 Å². The Morgan fingerprint density at radius 2 is 1.27 bits per heavy atom. The molecule has 8 rings (SSSR count). The molecule has 0 aliphatic carbocycles. The maximum absolute atomic E-state index is 5.21. The van der Waals surface area contributed by atoms with E-state index in [-0.39, 0.29) is 0 Å². The Labute approximate surface area is 211 Å². The lowest BCUT2D eigenvalue weighted by Crippen LogP contribution is -1.97. The average Bonchev–Trinajstić information content (AvgIpc) is 3.64. The summed E-state index contributed by atoms with van der Waals surface area (Å²) in [7, 11) is 0. The van der Waals surface area contributed by atoms with Crippen LogP contribution in [-0.4, -0.2) is 28.5 Å². The summed E-state index contributed by atoms with van der Waals surface area (Å²) in [6, 6.07) is 39.4. The topological polar surface area (TPSA) is 52.9 Å². The molecule has 0 aliphatic heterocycles. The molecule has 8 aromatic rings. The first-order valence-electron chi connectivity index (χ1n) is 12.2. The highest BCUT2D eigenvalue weighted by molar-refractivity contribution is 5.98. The van der Waals surface area contributed by atoms with Gasteiger partial charge in [0.25, 0.3) is 0 Å². The van der Waals surface area contributed by atoms with Gasteiger partial charge in [0.05, 0.1) is 33.3 Å². The molecule has 174 valence electrons. The summed E-state index contributed by atoms with van der Waals surface area (Å²) in [5, 5.41) is 0. The Morgan fingerprint density at radius 1 is 0.541 bits per heavy atom. The summed E-state index contributed by atoms with van der Waals surface area (Å²) in [6.07, 6.45) is 1.83. The van der Waals surface area contributed by atoms with Crippen LogP contribution in [0.3, 0.4) is 0 Å². The highest BCUT2D eigenvalue weighted by Gasteiger charge is 2.19. The second-order valence-corrected chi connectivity index (χ2v) is 9.06. The summed E-state index contributed by atoms with van der Waals surface area (Å²) in [4.78, 5) is 14.8. The third kappa shape index (κ3) is 2.90.